The number of carbonyl (C=O) groups is 3. The predicted molar refractivity (Wildman–Crippen MR) is 144 cm³/mol. The highest BCUT2D eigenvalue weighted by Crippen LogP contribution is 2.72. The summed E-state index contributed by atoms with van der Waals surface area (Å²) >= 11 is 0. The summed E-state index contributed by atoms with van der Waals surface area (Å²) in [4.78, 5) is 38.7. The van der Waals surface area contributed by atoms with Crippen LogP contribution in [0.1, 0.15) is 80.1 Å². The fourth-order valence-corrected chi connectivity index (χ4v) is 10.8. The maximum absolute atomic E-state index is 17.5. The maximum Gasteiger partial charge on any atom is 0.509 e. The largest absolute Gasteiger partial charge is 0.509 e. The van der Waals surface area contributed by atoms with E-state index in [0.29, 0.717) is 12.3 Å². The molecule has 9 heteroatoms. The Labute approximate surface area is 239 Å². The highest BCUT2D eigenvalue weighted by molar-refractivity contribution is 6.01. The third kappa shape index (κ3) is 3.19. The second kappa shape index (κ2) is 8.42. The van der Waals surface area contributed by atoms with Crippen LogP contribution in [0.2, 0.25) is 0 Å². The first kappa shape index (κ1) is 28.8. The van der Waals surface area contributed by atoms with Crippen LogP contribution in [0.15, 0.2) is 23.8 Å². The van der Waals surface area contributed by atoms with Crippen LogP contribution in [0.25, 0.3) is 0 Å². The summed E-state index contributed by atoms with van der Waals surface area (Å²) in [5.41, 5.74) is -7.73. The molecule has 0 amide bonds. The third-order valence-electron chi connectivity index (χ3n) is 13.7. The lowest BCUT2D eigenvalue weighted by atomic mass is 9.44. The summed E-state index contributed by atoms with van der Waals surface area (Å²) in [6, 6.07) is 0. The summed E-state index contributed by atoms with van der Waals surface area (Å²) in [5, 5.41) is 22.3. The van der Waals surface area contributed by atoms with Crippen molar-refractivity contribution in [3.63, 3.8) is 0 Å². The molecule has 12 atom stereocenters. The molecular weight excluding hydrogens is 534 g/mol. The van der Waals surface area contributed by atoms with Crippen LogP contribution in [-0.4, -0.2) is 57.8 Å². The van der Waals surface area contributed by atoms with Crippen LogP contribution < -0.4 is 0 Å². The van der Waals surface area contributed by atoms with Crippen LogP contribution in [0, 0.1) is 45.3 Å². The predicted octanol–water partition coefficient (Wildman–Crippen LogP) is 5.74. The fraction of sp³-hybridized carbons (Fsp3) is 0.781. The smallest absolute Gasteiger partial charge is 0.478 e. The Morgan fingerprint density at radius 3 is 2.32 bits per heavy atom. The highest BCUT2D eigenvalue weighted by Gasteiger charge is 2.79. The molecule has 0 spiro atoms. The van der Waals surface area contributed by atoms with E-state index < -0.39 is 76.1 Å². The van der Waals surface area contributed by atoms with Crippen LogP contribution in [0.4, 0.5) is 13.6 Å². The van der Waals surface area contributed by atoms with Crippen molar-refractivity contribution in [1.29, 1.82) is 0 Å². The van der Waals surface area contributed by atoms with E-state index in [1.165, 1.54) is 19.1 Å². The molecule has 0 aromatic carbocycles. The van der Waals surface area contributed by atoms with E-state index in [1.807, 2.05) is 0 Å². The molecule has 0 saturated heterocycles. The number of fused-ring (bicyclic) bond motifs is 7. The topological polar surface area (TPSA) is 110 Å². The van der Waals surface area contributed by atoms with Crippen molar-refractivity contribution in [3.8, 4) is 0 Å². The van der Waals surface area contributed by atoms with Gasteiger partial charge in [-0.3, -0.25) is 4.79 Å². The molecule has 0 aromatic heterocycles. The second-order valence-corrected chi connectivity index (χ2v) is 15.1. The molecule has 0 heterocycles. The lowest BCUT2D eigenvalue weighted by Gasteiger charge is -2.62. The Balaban J connectivity index is 1.35. The zero-order valence-electron chi connectivity index (χ0n) is 24.7. The quantitative estimate of drug-likeness (QED) is 0.412. The minimum atomic E-state index is -2.35. The fourth-order valence-electron chi connectivity index (χ4n) is 10.8. The van der Waals surface area contributed by atoms with E-state index in [1.54, 1.807) is 13.8 Å². The Kier molecular flexibility index (Phi) is 5.91. The standard InChI is InChI=1S/C32H42F2O7/c1-16-11-19-20-14-22(33)21-13-18(35)8-10-28(21,4)31(20,34)23(36)15-30(19,6)32(16,25(37)38)41-26(39)40-24-12-17-7-9-29(24,5)27(17,2)3/h8,10,13,16-17,19-20,22-24,36H,7,9,11-12,14-15H2,1-6H3,(H,37,38)/t16?,17-,19+,20+,22+,23?,24+,28+,29+,30+,31?,32-/m1/s1. The number of carbonyl (C=O) groups excluding carboxylic acids is 2. The van der Waals surface area contributed by atoms with Crippen molar-refractivity contribution in [2.24, 2.45) is 45.3 Å². The van der Waals surface area contributed by atoms with Gasteiger partial charge in [-0.15, -0.1) is 0 Å². The number of ketones is 1. The van der Waals surface area contributed by atoms with Crippen molar-refractivity contribution in [1.82, 2.24) is 0 Å². The number of carboxylic acids is 1. The van der Waals surface area contributed by atoms with E-state index in [-0.39, 0.29) is 35.7 Å². The lowest BCUT2D eigenvalue weighted by molar-refractivity contribution is -0.232. The van der Waals surface area contributed by atoms with Crippen LogP contribution in [-0.2, 0) is 19.1 Å². The Morgan fingerprint density at radius 1 is 1.05 bits per heavy atom. The molecule has 7 nitrogen and oxygen atoms in total. The Bertz CT molecular complexity index is 1280. The van der Waals surface area contributed by atoms with Gasteiger partial charge in [0, 0.05) is 28.1 Å². The van der Waals surface area contributed by atoms with E-state index in [2.05, 4.69) is 20.8 Å². The number of hydrogen-bond donors (Lipinski definition) is 2. The summed E-state index contributed by atoms with van der Waals surface area (Å²) < 4.78 is 45.0. The summed E-state index contributed by atoms with van der Waals surface area (Å²) in [6.45, 7) is 11.2. The molecule has 41 heavy (non-hydrogen) atoms. The van der Waals surface area contributed by atoms with E-state index in [9.17, 15) is 24.6 Å². The van der Waals surface area contributed by atoms with Gasteiger partial charge in [-0.05, 0) is 80.4 Å². The van der Waals surface area contributed by atoms with Crippen molar-refractivity contribution in [2.45, 2.75) is 110 Å². The molecule has 0 aliphatic heterocycles. The molecule has 0 radical (unpaired) electrons. The number of ether oxygens (including phenoxy) is 2. The molecule has 5 fully saturated rings. The zero-order chi connectivity index (χ0) is 30.1. The van der Waals surface area contributed by atoms with Gasteiger partial charge in [0.25, 0.3) is 0 Å². The van der Waals surface area contributed by atoms with Gasteiger partial charge in [0.1, 0.15) is 12.3 Å². The number of carboxylic acid groups (broad SMARTS) is 1. The normalized spacial score (nSPS) is 52.8. The summed E-state index contributed by atoms with van der Waals surface area (Å²) in [7, 11) is 0. The number of hydrogen-bond acceptors (Lipinski definition) is 6. The van der Waals surface area contributed by atoms with Crippen LogP contribution in [0.3, 0.4) is 0 Å². The van der Waals surface area contributed by atoms with Gasteiger partial charge in [-0.25, -0.2) is 18.4 Å². The van der Waals surface area contributed by atoms with Gasteiger partial charge in [0.2, 0.25) is 5.60 Å². The summed E-state index contributed by atoms with van der Waals surface area (Å²) in [5.74, 6) is -3.96. The van der Waals surface area contributed by atoms with Gasteiger partial charge in [-0.1, -0.05) is 40.7 Å². The van der Waals surface area contributed by atoms with Crippen molar-refractivity contribution >= 4 is 17.9 Å². The van der Waals surface area contributed by atoms with Crippen LogP contribution in [0.5, 0.6) is 0 Å². The Hall–Kier alpha value is -2.29. The first-order chi connectivity index (χ1) is 18.9. The van der Waals surface area contributed by atoms with E-state index in [4.69, 9.17) is 9.47 Å². The molecule has 3 unspecified atom stereocenters. The molecule has 5 saturated carbocycles. The first-order valence-corrected chi connectivity index (χ1v) is 15.0. The third-order valence-corrected chi connectivity index (χ3v) is 13.7. The minimum Gasteiger partial charge on any atom is -0.478 e. The van der Waals surface area contributed by atoms with Gasteiger partial charge in [0.15, 0.2) is 11.5 Å². The molecule has 6 rings (SSSR count). The molecule has 2 bridgehead atoms. The highest BCUT2D eigenvalue weighted by atomic mass is 19.1. The molecule has 0 aromatic rings. The molecule has 226 valence electrons. The zero-order valence-corrected chi connectivity index (χ0v) is 24.7. The van der Waals surface area contributed by atoms with E-state index in [0.717, 1.165) is 18.9 Å². The number of aliphatic hydroxyl groups excluding tert-OH is 1. The monoisotopic (exact) mass is 576 g/mol. The number of aliphatic carboxylic acids is 1. The number of rotatable bonds is 3. The molecule has 6 aliphatic rings. The van der Waals surface area contributed by atoms with Gasteiger partial charge in [-0.2, -0.15) is 0 Å². The van der Waals surface area contributed by atoms with Crippen molar-refractivity contribution < 1.29 is 42.9 Å². The number of aliphatic hydroxyl groups is 1. The number of halogens is 2. The minimum absolute atomic E-state index is 0.00375. The van der Waals surface area contributed by atoms with Gasteiger partial charge < -0.3 is 19.7 Å². The lowest BCUT2D eigenvalue weighted by Crippen LogP contribution is -2.71. The molecule has 6 aliphatic carbocycles. The van der Waals surface area contributed by atoms with Crippen molar-refractivity contribution in [3.05, 3.63) is 23.8 Å². The number of allylic oxidation sites excluding steroid dienone is 4. The number of alkyl halides is 2. The second-order valence-electron chi connectivity index (χ2n) is 15.1. The van der Waals surface area contributed by atoms with Crippen LogP contribution >= 0.6 is 0 Å². The molecular formula is C32H42F2O7. The van der Waals surface area contributed by atoms with Gasteiger partial charge >= 0.3 is 12.1 Å². The first-order valence-electron chi connectivity index (χ1n) is 15.0. The van der Waals surface area contributed by atoms with Gasteiger partial charge in [0.05, 0.1) is 6.10 Å². The SMILES string of the molecule is CC1C[C@H]2[C@@H]3C[C@H](F)C4=CC(=O)C=C[C@]4(C)C3(F)C(O)C[C@]2(C)[C@]1(OC(=O)O[C@H]1C[C@H]2CC[C@]1(C)C2(C)C)C(=O)O. The van der Waals surface area contributed by atoms with Crippen molar-refractivity contribution in [2.75, 3.05) is 0 Å². The molecule has 2 N–H and O–H groups in total. The van der Waals surface area contributed by atoms with E-state index >= 15 is 8.78 Å². The summed E-state index contributed by atoms with van der Waals surface area (Å²) in [6.07, 6.45) is 1.04. The Morgan fingerprint density at radius 2 is 1.73 bits per heavy atom. The average molecular weight is 577 g/mol. The average Bonchev–Trinajstić information content (AvgIpc) is 3.32. The maximum atomic E-state index is 17.5.